The molecule has 1 fully saturated rings. The second-order valence-corrected chi connectivity index (χ2v) is 4.71. The van der Waals surface area contributed by atoms with Gasteiger partial charge in [-0.2, -0.15) is 0 Å². The van der Waals surface area contributed by atoms with Crippen molar-refractivity contribution >= 4 is 39.9 Å². The van der Waals surface area contributed by atoms with E-state index in [-0.39, 0.29) is 31.3 Å². The van der Waals surface area contributed by atoms with Gasteiger partial charge in [0, 0.05) is 23.1 Å². The molecule has 2 atom stereocenters. The van der Waals surface area contributed by atoms with Crippen molar-refractivity contribution in [3.05, 3.63) is 28.7 Å². The number of nitrogens with one attached hydrogen (secondary N) is 2. The Balaban J connectivity index is 0.00000144. The van der Waals surface area contributed by atoms with Gasteiger partial charge in [-0.3, -0.25) is 4.79 Å². The van der Waals surface area contributed by atoms with Crippen LogP contribution < -0.4 is 10.6 Å². The number of halogens is 3. The van der Waals surface area contributed by atoms with Gasteiger partial charge in [0.05, 0.1) is 6.04 Å². The summed E-state index contributed by atoms with van der Waals surface area (Å²) < 4.78 is 13.8. The summed E-state index contributed by atoms with van der Waals surface area (Å²) in [5.74, 6) is -0.178. The molecule has 17 heavy (non-hydrogen) atoms. The molecule has 0 aliphatic carbocycles. The van der Waals surface area contributed by atoms with Crippen molar-refractivity contribution in [2.45, 2.75) is 18.6 Å². The van der Waals surface area contributed by atoms with E-state index in [1.165, 1.54) is 0 Å². The van der Waals surface area contributed by atoms with E-state index in [9.17, 15) is 9.18 Å². The number of anilines is 1. The van der Waals surface area contributed by atoms with Crippen molar-refractivity contribution in [3.8, 4) is 0 Å². The van der Waals surface area contributed by atoms with Gasteiger partial charge < -0.3 is 10.6 Å². The molecule has 2 rings (SSSR count). The Morgan fingerprint density at radius 1 is 1.41 bits per heavy atom. The van der Waals surface area contributed by atoms with Gasteiger partial charge in [0.2, 0.25) is 5.91 Å². The van der Waals surface area contributed by atoms with Crippen LogP contribution in [0.4, 0.5) is 10.1 Å². The van der Waals surface area contributed by atoms with E-state index in [1.807, 2.05) is 12.1 Å². The minimum Gasteiger partial charge on any atom is -0.325 e. The number of hydrogen-bond acceptors (Lipinski definition) is 2. The molecule has 0 unspecified atom stereocenters. The van der Waals surface area contributed by atoms with Crippen LogP contribution in [0.15, 0.2) is 28.7 Å². The fourth-order valence-electron chi connectivity index (χ4n) is 1.65. The highest BCUT2D eigenvalue weighted by atomic mass is 79.9. The number of carbonyl (C=O) groups is 1. The Bertz CT molecular complexity index is 388. The lowest BCUT2D eigenvalue weighted by Crippen LogP contribution is -2.35. The molecule has 1 aliphatic rings. The molecule has 1 aliphatic heterocycles. The quantitative estimate of drug-likeness (QED) is 0.878. The fourth-order valence-corrected chi connectivity index (χ4v) is 1.92. The fraction of sp³-hybridized carbons (Fsp3) is 0.364. The second kappa shape index (κ2) is 6.33. The Morgan fingerprint density at radius 3 is 2.59 bits per heavy atom. The van der Waals surface area contributed by atoms with Crippen LogP contribution in [0.3, 0.4) is 0 Å². The summed E-state index contributed by atoms with van der Waals surface area (Å²) in [6, 6.07) is 6.86. The molecule has 0 bridgehead atoms. The summed E-state index contributed by atoms with van der Waals surface area (Å²) in [4.78, 5) is 11.7. The summed E-state index contributed by atoms with van der Waals surface area (Å²) in [7, 11) is 0. The number of alkyl halides is 1. The third-order valence-electron chi connectivity index (χ3n) is 2.51. The van der Waals surface area contributed by atoms with Crippen LogP contribution in [-0.2, 0) is 4.79 Å². The average molecular weight is 324 g/mol. The Kier molecular flexibility index (Phi) is 5.36. The highest BCUT2D eigenvalue weighted by Crippen LogP contribution is 2.16. The minimum atomic E-state index is -0.916. The van der Waals surface area contributed by atoms with Crippen molar-refractivity contribution in [2.75, 3.05) is 11.9 Å². The second-order valence-electron chi connectivity index (χ2n) is 3.79. The Morgan fingerprint density at radius 2 is 2.06 bits per heavy atom. The number of hydrogen-bond donors (Lipinski definition) is 2. The molecule has 0 radical (unpaired) electrons. The summed E-state index contributed by atoms with van der Waals surface area (Å²) in [6.07, 6.45) is -0.664. The highest BCUT2D eigenvalue weighted by Gasteiger charge is 2.29. The maximum Gasteiger partial charge on any atom is 0.241 e. The predicted molar refractivity (Wildman–Crippen MR) is 71.3 cm³/mol. The van der Waals surface area contributed by atoms with Crippen LogP contribution in [0.5, 0.6) is 0 Å². The van der Waals surface area contributed by atoms with E-state index < -0.39 is 12.2 Å². The molecule has 1 aromatic rings. The SMILES string of the molecule is Cl.O=C(Nc1ccc(Br)cc1)[C@H]1C[C@H](F)CN1. The van der Waals surface area contributed by atoms with Crippen molar-refractivity contribution in [1.82, 2.24) is 5.32 Å². The zero-order valence-corrected chi connectivity index (χ0v) is 11.4. The minimum absolute atomic E-state index is 0. The lowest BCUT2D eigenvalue weighted by atomic mass is 10.2. The zero-order valence-electron chi connectivity index (χ0n) is 8.95. The van der Waals surface area contributed by atoms with Crippen molar-refractivity contribution in [3.63, 3.8) is 0 Å². The van der Waals surface area contributed by atoms with Gasteiger partial charge >= 0.3 is 0 Å². The molecule has 0 saturated carbocycles. The first kappa shape index (κ1) is 14.4. The topological polar surface area (TPSA) is 41.1 Å². The molecule has 3 nitrogen and oxygen atoms in total. The van der Waals surface area contributed by atoms with E-state index in [4.69, 9.17) is 0 Å². The molecule has 1 aromatic carbocycles. The van der Waals surface area contributed by atoms with Crippen LogP contribution in [0.25, 0.3) is 0 Å². The smallest absolute Gasteiger partial charge is 0.241 e. The van der Waals surface area contributed by atoms with E-state index in [2.05, 4.69) is 26.6 Å². The summed E-state index contributed by atoms with van der Waals surface area (Å²) in [6.45, 7) is 0.262. The van der Waals surface area contributed by atoms with Gasteiger partial charge in [0.1, 0.15) is 6.17 Å². The van der Waals surface area contributed by atoms with Gasteiger partial charge in [-0.15, -0.1) is 12.4 Å². The molecule has 0 aromatic heterocycles. The van der Waals surface area contributed by atoms with Crippen LogP contribution in [0.1, 0.15) is 6.42 Å². The van der Waals surface area contributed by atoms with Crippen molar-refractivity contribution in [2.24, 2.45) is 0 Å². The van der Waals surface area contributed by atoms with E-state index >= 15 is 0 Å². The first-order chi connectivity index (χ1) is 7.65. The maximum absolute atomic E-state index is 12.9. The predicted octanol–water partition coefficient (Wildman–Crippen LogP) is 2.51. The standard InChI is InChI=1S/C11H12BrFN2O.ClH/c12-7-1-3-9(4-2-7)15-11(16)10-5-8(13)6-14-10;/h1-4,8,10,14H,5-6H2,(H,15,16);1H/t8-,10+;/m0./s1. The van der Waals surface area contributed by atoms with Crippen molar-refractivity contribution < 1.29 is 9.18 Å². The number of benzene rings is 1. The van der Waals surface area contributed by atoms with Crippen LogP contribution in [-0.4, -0.2) is 24.7 Å². The first-order valence-corrected chi connectivity index (χ1v) is 5.88. The lowest BCUT2D eigenvalue weighted by molar-refractivity contribution is -0.117. The van der Waals surface area contributed by atoms with Gasteiger partial charge in [0.25, 0.3) is 0 Å². The molecule has 1 saturated heterocycles. The van der Waals surface area contributed by atoms with Crippen molar-refractivity contribution in [1.29, 1.82) is 0 Å². The molecule has 1 heterocycles. The molecule has 0 spiro atoms. The third-order valence-corrected chi connectivity index (χ3v) is 3.03. The van der Waals surface area contributed by atoms with E-state index in [0.717, 1.165) is 10.2 Å². The lowest BCUT2D eigenvalue weighted by Gasteiger charge is -2.10. The zero-order chi connectivity index (χ0) is 11.5. The normalized spacial score (nSPS) is 22.9. The van der Waals surface area contributed by atoms with Gasteiger partial charge in [-0.1, -0.05) is 15.9 Å². The van der Waals surface area contributed by atoms with E-state index in [0.29, 0.717) is 0 Å². The van der Waals surface area contributed by atoms with E-state index in [1.54, 1.807) is 12.1 Å². The number of carbonyl (C=O) groups excluding carboxylic acids is 1. The molecular weight excluding hydrogens is 310 g/mol. The Hall–Kier alpha value is -0.650. The molecule has 94 valence electrons. The molecule has 6 heteroatoms. The van der Waals surface area contributed by atoms with Gasteiger partial charge in [-0.25, -0.2) is 4.39 Å². The molecular formula is C11H13BrClFN2O. The molecule has 2 N–H and O–H groups in total. The van der Waals surface area contributed by atoms with Crippen LogP contribution >= 0.6 is 28.3 Å². The number of amides is 1. The third kappa shape index (κ3) is 3.94. The monoisotopic (exact) mass is 322 g/mol. The summed E-state index contributed by atoms with van der Waals surface area (Å²) in [5, 5.41) is 5.58. The van der Waals surface area contributed by atoms with Gasteiger partial charge in [0.15, 0.2) is 0 Å². The summed E-state index contributed by atoms with van der Waals surface area (Å²) in [5.41, 5.74) is 0.720. The first-order valence-electron chi connectivity index (χ1n) is 5.09. The average Bonchev–Trinajstić information content (AvgIpc) is 2.68. The van der Waals surface area contributed by atoms with Crippen LogP contribution in [0.2, 0.25) is 0 Å². The van der Waals surface area contributed by atoms with Gasteiger partial charge in [-0.05, 0) is 24.3 Å². The molecule has 1 amide bonds. The van der Waals surface area contributed by atoms with Crippen LogP contribution in [0, 0.1) is 0 Å². The number of rotatable bonds is 2. The maximum atomic E-state index is 12.9. The highest BCUT2D eigenvalue weighted by molar-refractivity contribution is 9.10. The largest absolute Gasteiger partial charge is 0.325 e. The Labute approximate surface area is 114 Å². The summed E-state index contributed by atoms with van der Waals surface area (Å²) >= 11 is 3.31.